The maximum absolute atomic E-state index is 13.1. The number of hydrazine groups is 1. The molecule has 0 saturated heterocycles. The van der Waals surface area contributed by atoms with Crippen LogP contribution in [0.25, 0.3) is 0 Å². The number of nitrogens with zero attached hydrogens (tertiary/aromatic N) is 2. The molecular formula is C9H15FN4O. The predicted octanol–water partition coefficient (Wildman–Crippen LogP) is 1.33. The van der Waals surface area contributed by atoms with Crippen molar-refractivity contribution in [2.45, 2.75) is 20.3 Å². The van der Waals surface area contributed by atoms with E-state index in [-0.39, 0.29) is 11.8 Å². The fraction of sp³-hybridized carbons (Fsp3) is 0.556. The number of ether oxygens (including phenoxy) is 1. The number of nitrogens with one attached hydrogen (secondary N) is 1. The lowest BCUT2D eigenvalue weighted by atomic mass is 10.1. The van der Waals surface area contributed by atoms with Crippen LogP contribution in [0.2, 0.25) is 0 Å². The minimum Gasteiger partial charge on any atom is -0.475 e. The summed E-state index contributed by atoms with van der Waals surface area (Å²) in [6.45, 7) is 4.55. The topological polar surface area (TPSA) is 73.1 Å². The number of anilines is 1. The minimum atomic E-state index is -0.585. The van der Waals surface area contributed by atoms with E-state index in [0.29, 0.717) is 12.5 Å². The Labute approximate surface area is 87.8 Å². The molecule has 0 aromatic carbocycles. The summed E-state index contributed by atoms with van der Waals surface area (Å²) in [5.41, 5.74) is 2.22. The molecule has 0 saturated carbocycles. The van der Waals surface area contributed by atoms with Crippen LogP contribution < -0.4 is 16.0 Å². The smallest absolute Gasteiger partial charge is 0.255 e. The molecule has 0 bridgehead atoms. The molecule has 1 aromatic heterocycles. The van der Waals surface area contributed by atoms with Gasteiger partial charge in [0.05, 0.1) is 12.8 Å². The second-order valence-electron chi connectivity index (χ2n) is 3.52. The third-order valence-corrected chi connectivity index (χ3v) is 1.78. The molecular weight excluding hydrogens is 199 g/mol. The molecule has 5 nitrogen and oxygen atoms in total. The van der Waals surface area contributed by atoms with Crippen molar-refractivity contribution in [3.05, 3.63) is 12.0 Å². The molecule has 15 heavy (non-hydrogen) atoms. The molecule has 0 aliphatic heterocycles. The normalized spacial score (nSPS) is 10.5. The summed E-state index contributed by atoms with van der Waals surface area (Å²) in [5.74, 6) is 5.07. The van der Waals surface area contributed by atoms with E-state index in [1.165, 1.54) is 0 Å². The van der Waals surface area contributed by atoms with Gasteiger partial charge in [0.25, 0.3) is 5.88 Å². The molecule has 0 aliphatic rings. The highest BCUT2D eigenvalue weighted by Crippen LogP contribution is 2.14. The fourth-order valence-electron chi connectivity index (χ4n) is 0.914. The van der Waals surface area contributed by atoms with Gasteiger partial charge in [-0.1, -0.05) is 13.8 Å². The van der Waals surface area contributed by atoms with Crippen LogP contribution in [0.1, 0.15) is 20.3 Å². The summed E-state index contributed by atoms with van der Waals surface area (Å²) in [7, 11) is 0. The third-order valence-electron chi connectivity index (χ3n) is 1.78. The molecule has 0 atom stereocenters. The van der Waals surface area contributed by atoms with Crippen LogP contribution in [-0.4, -0.2) is 16.6 Å². The Morgan fingerprint density at radius 1 is 1.60 bits per heavy atom. The lowest BCUT2D eigenvalue weighted by Gasteiger charge is -2.08. The number of nitrogens with two attached hydrogens (primary N) is 1. The maximum atomic E-state index is 13.1. The third kappa shape index (κ3) is 3.67. The number of aromatic nitrogens is 2. The van der Waals surface area contributed by atoms with Crippen LogP contribution in [-0.2, 0) is 0 Å². The van der Waals surface area contributed by atoms with Gasteiger partial charge >= 0.3 is 0 Å². The highest BCUT2D eigenvalue weighted by molar-refractivity contribution is 5.26. The first kappa shape index (κ1) is 11.6. The van der Waals surface area contributed by atoms with E-state index >= 15 is 0 Å². The number of hydrogen-bond donors (Lipinski definition) is 2. The van der Waals surface area contributed by atoms with Crippen LogP contribution in [0.5, 0.6) is 5.88 Å². The van der Waals surface area contributed by atoms with Crippen LogP contribution in [0, 0.1) is 11.7 Å². The Bertz CT molecular complexity index is 319. The van der Waals surface area contributed by atoms with Crippen LogP contribution >= 0.6 is 0 Å². The summed E-state index contributed by atoms with van der Waals surface area (Å²) in [4.78, 5) is 7.34. The van der Waals surface area contributed by atoms with Crippen LogP contribution in [0.4, 0.5) is 10.3 Å². The van der Waals surface area contributed by atoms with Crippen LogP contribution in [0.15, 0.2) is 6.20 Å². The van der Waals surface area contributed by atoms with Gasteiger partial charge in [-0.3, -0.25) is 5.43 Å². The van der Waals surface area contributed by atoms with Gasteiger partial charge < -0.3 is 4.74 Å². The molecule has 1 aromatic rings. The van der Waals surface area contributed by atoms with Gasteiger partial charge in [-0.15, -0.1) is 0 Å². The summed E-state index contributed by atoms with van der Waals surface area (Å²) >= 11 is 0. The first-order valence-electron chi connectivity index (χ1n) is 4.75. The number of hydrogen-bond acceptors (Lipinski definition) is 5. The molecule has 1 rings (SSSR count). The van der Waals surface area contributed by atoms with Gasteiger partial charge in [0.2, 0.25) is 11.8 Å². The average Bonchev–Trinajstić information content (AvgIpc) is 2.20. The van der Waals surface area contributed by atoms with Crippen molar-refractivity contribution >= 4 is 5.95 Å². The zero-order valence-electron chi connectivity index (χ0n) is 8.83. The summed E-state index contributed by atoms with van der Waals surface area (Å²) < 4.78 is 18.3. The van der Waals surface area contributed by atoms with Gasteiger partial charge in [-0.25, -0.2) is 10.8 Å². The van der Waals surface area contributed by atoms with Crippen molar-refractivity contribution in [3.63, 3.8) is 0 Å². The Kier molecular flexibility index (Phi) is 4.23. The zero-order valence-corrected chi connectivity index (χ0v) is 8.83. The van der Waals surface area contributed by atoms with E-state index in [1.54, 1.807) is 0 Å². The van der Waals surface area contributed by atoms with E-state index in [9.17, 15) is 4.39 Å². The molecule has 0 fully saturated rings. The van der Waals surface area contributed by atoms with E-state index in [1.807, 2.05) is 0 Å². The van der Waals surface area contributed by atoms with E-state index < -0.39 is 5.82 Å². The van der Waals surface area contributed by atoms with Gasteiger partial charge in [-0.05, 0) is 12.3 Å². The lowest BCUT2D eigenvalue weighted by molar-refractivity contribution is 0.265. The lowest BCUT2D eigenvalue weighted by Crippen LogP contribution is -2.12. The second-order valence-corrected chi connectivity index (χ2v) is 3.52. The fourth-order valence-corrected chi connectivity index (χ4v) is 0.914. The number of nitrogen functional groups attached to an aromatic ring is 1. The molecule has 0 unspecified atom stereocenters. The quantitative estimate of drug-likeness (QED) is 0.571. The Morgan fingerprint density at radius 3 is 2.93 bits per heavy atom. The Morgan fingerprint density at radius 2 is 2.33 bits per heavy atom. The maximum Gasteiger partial charge on any atom is 0.255 e. The standard InChI is InChI=1S/C9H15FN4O/c1-6(2)3-4-15-8-7(10)5-12-9(13-8)14-11/h5-6H,3-4,11H2,1-2H3,(H,12,13,14). The monoisotopic (exact) mass is 214 g/mol. The van der Waals surface area contributed by atoms with Crippen molar-refractivity contribution in [2.75, 3.05) is 12.0 Å². The Hall–Kier alpha value is -1.43. The molecule has 0 aliphatic carbocycles. The SMILES string of the molecule is CC(C)CCOc1nc(NN)ncc1F. The molecule has 0 radical (unpaired) electrons. The molecule has 3 N–H and O–H groups in total. The highest BCUT2D eigenvalue weighted by Gasteiger charge is 2.07. The van der Waals surface area contributed by atoms with Crippen molar-refractivity contribution in [1.29, 1.82) is 0 Å². The summed E-state index contributed by atoms with van der Waals surface area (Å²) in [6.07, 6.45) is 1.86. The summed E-state index contributed by atoms with van der Waals surface area (Å²) in [5, 5.41) is 0. The molecule has 84 valence electrons. The predicted molar refractivity (Wildman–Crippen MR) is 54.8 cm³/mol. The van der Waals surface area contributed by atoms with E-state index in [4.69, 9.17) is 10.6 Å². The molecule has 1 heterocycles. The highest BCUT2D eigenvalue weighted by atomic mass is 19.1. The first-order valence-corrected chi connectivity index (χ1v) is 4.75. The van der Waals surface area contributed by atoms with Gasteiger partial charge in [0.15, 0.2) is 0 Å². The van der Waals surface area contributed by atoms with E-state index in [0.717, 1.165) is 12.6 Å². The average molecular weight is 214 g/mol. The van der Waals surface area contributed by atoms with Crippen LogP contribution in [0.3, 0.4) is 0 Å². The zero-order chi connectivity index (χ0) is 11.3. The largest absolute Gasteiger partial charge is 0.475 e. The second kappa shape index (κ2) is 5.45. The van der Waals surface area contributed by atoms with Gasteiger partial charge in [0, 0.05) is 0 Å². The molecule has 0 spiro atoms. The Balaban J connectivity index is 2.59. The van der Waals surface area contributed by atoms with Gasteiger partial charge in [0.1, 0.15) is 0 Å². The van der Waals surface area contributed by atoms with Crippen molar-refractivity contribution < 1.29 is 9.13 Å². The molecule has 0 amide bonds. The number of rotatable bonds is 5. The number of halogens is 1. The minimum absolute atomic E-state index is 0.0707. The van der Waals surface area contributed by atoms with E-state index in [2.05, 4.69) is 29.2 Å². The first-order chi connectivity index (χ1) is 7.13. The van der Waals surface area contributed by atoms with Crippen molar-refractivity contribution in [1.82, 2.24) is 9.97 Å². The van der Waals surface area contributed by atoms with Gasteiger partial charge in [-0.2, -0.15) is 9.37 Å². The molecule has 6 heteroatoms. The summed E-state index contributed by atoms with van der Waals surface area (Å²) in [6, 6.07) is 0. The van der Waals surface area contributed by atoms with Crippen molar-refractivity contribution in [3.8, 4) is 5.88 Å². The van der Waals surface area contributed by atoms with Crippen molar-refractivity contribution in [2.24, 2.45) is 11.8 Å².